The fraction of sp³-hybridized carbons (Fsp3) is 0.263. The molecule has 0 saturated carbocycles. The van der Waals surface area contributed by atoms with Gasteiger partial charge in [-0.3, -0.25) is 4.79 Å². The summed E-state index contributed by atoms with van der Waals surface area (Å²) in [4.78, 5) is 12.5. The molecule has 1 unspecified atom stereocenters. The molecule has 1 amide bonds. The van der Waals surface area contributed by atoms with Crippen LogP contribution in [0.1, 0.15) is 25.0 Å². The first-order valence-electron chi connectivity index (χ1n) is 7.54. The molecule has 2 aromatic rings. The second-order valence-corrected chi connectivity index (χ2v) is 5.75. The Kier molecular flexibility index (Phi) is 5.37. The van der Waals surface area contributed by atoms with Crippen molar-refractivity contribution in [2.75, 3.05) is 5.32 Å². The Balaban J connectivity index is 2.16. The van der Waals surface area contributed by atoms with Crippen LogP contribution in [-0.4, -0.2) is 12.0 Å². The van der Waals surface area contributed by atoms with E-state index in [4.69, 9.17) is 10.00 Å². The third-order valence-electron chi connectivity index (χ3n) is 3.44. The second kappa shape index (κ2) is 7.46. The quantitative estimate of drug-likeness (QED) is 0.911. The smallest absolute Gasteiger partial charge is 0.265 e. The van der Waals surface area contributed by atoms with Gasteiger partial charge in [-0.05, 0) is 37.1 Å². The summed E-state index contributed by atoms with van der Waals surface area (Å²) in [5, 5.41) is 12.0. The number of rotatable bonds is 5. The van der Waals surface area contributed by atoms with E-state index in [9.17, 15) is 4.79 Å². The van der Waals surface area contributed by atoms with Gasteiger partial charge in [0.2, 0.25) is 0 Å². The number of amides is 1. The number of anilines is 1. The van der Waals surface area contributed by atoms with Gasteiger partial charge in [-0.1, -0.05) is 43.7 Å². The van der Waals surface area contributed by atoms with Crippen LogP contribution in [0.4, 0.5) is 5.69 Å². The third kappa shape index (κ3) is 4.33. The Hall–Kier alpha value is -2.80. The normalized spacial score (nSPS) is 11.6. The number of ether oxygens (including phenoxy) is 1. The number of hydrogen-bond donors (Lipinski definition) is 1. The molecule has 0 aliphatic rings. The minimum Gasteiger partial charge on any atom is -0.479 e. The zero-order valence-electron chi connectivity index (χ0n) is 13.5. The summed E-state index contributed by atoms with van der Waals surface area (Å²) in [5.74, 6) is 0.163. The van der Waals surface area contributed by atoms with Crippen LogP contribution in [0.5, 0.6) is 5.75 Å². The Bertz CT molecular complexity index is 715. The lowest BCUT2D eigenvalue weighted by Crippen LogP contribution is -2.37. The van der Waals surface area contributed by atoms with Gasteiger partial charge in [-0.15, -0.1) is 0 Å². The maximum atomic E-state index is 12.5. The molecule has 0 aromatic heterocycles. The second-order valence-electron chi connectivity index (χ2n) is 5.75. The molecule has 2 aromatic carbocycles. The van der Waals surface area contributed by atoms with E-state index in [0.29, 0.717) is 11.3 Å². The number of nitrogens with zero attached hydrogens (tertiary/aromatic N) is 1. The van der Waals surface area contributed by atoms with Crippen LogP contribution < -0.4 is 10.1 Å². The molecule has 118 valence electrons. The zero-order valence-corrected chi connectivity index (χ0v) is 13.5. The predicted molar refractivity (Wildman–Crippen MR) is 90.2 cm³/mol. The predicted octanol–water partition coefficient (Wildman–Crippen LogP) is 3.91. The van der Waals surface area contributed by atoms with Gasteiger partial charge >= 0.3 is 0 Å². The van der Waals surface area contributed by atoms with Crippen molar-refractivity contribution in [1.29, 1.82) is 5.26 Å². The molecule has 4 heteroatoms. The number of carbonyl (C=O) groups is 1. The number of benzene rings is 2. The molecule has 0 radical (unpaired) electrons. The van der Waals surface area contributed by atoms with E-state index in [1.54, 1.807) is 24.3 Å². The lowest BCUT2D eigenvalue weighted by Gasteiger charge is -2.22. The average molecular weight is 308 g/mol. The number of carbonyl (C=O) groups excluding carboxylic acids is 1. The standard InChI is InChI=1S/C19H20N2O2/c1-13(2)18(23-17-7-5-4-6-15(17)12-20)19(22)21-16-10-8-14(3)9-11-16/h4-11,13,18H,1-3H3,(H,21,22). The number of hydrogen-bond acceptors (Lipinski definition) is 3. The summed E-state index contributed by atoms with van der Waals surface area (Å²) >= 11 is 0. The molecule has 2 rings (SSSR count). The minimum atomic E-state index is -0.675. The maximum Gasteiger partial charge on any atom is 0.265 e. The molecular weight excluding hydrogens is 288 g/mol. The van der Waals surface area contributed by atoms with Crippen molar-refractivity contribution in [2.45, 2.75) is 26.9 Å². The average Bonchev–Trinajstić information content (AvgIpc) is 2.54. The first kappa shape index (κ1) is 16.6. The zero-order chi connectivity index (χ0) is 16.8. The number of nitriles is 1. The van der Waals surface area contributed by atoms with Crippen molar-refractivity contribution >= 4 is 11.6 Å². The van der Waals surface area contributed by atoms with Crippen molar-refractivity contribution in [2.24, 2.45) is 5.92 Å². The van der Waals surface area contributed by atoms with E-state index < -0.39 is 6.10 Å². The third-order valence-corrected chi connectivity index (χ3v) is 3.44. The fourth-order valence-corrected chi connectivity index (χ4v) is 2.14. The van der Waals surface area contributed by atoms with E-state index in [0.717, 1.165) is 11.3 Å². The van der Waals surface area contributed by atoms with Crippen LogP contribution in [0.15, 0.2) is 48.5 Å². The summed E-state index contributed by atoms with van der Waals surface area (Å²) in [6.07, 6.45) is -0.675. The van der Waals surface area contributed by atoms with Gasteiger partial charge in [0.05, 0.1) is 5.56 Å². The fourth-order valence-electron chi connectivity index (χ4n) is 2.14. The van der Waals surface area contributed by atoms with Gasteiger partial charge in [0.15, 0.2) is 6.10 Å². The first-order valence-corrected chi connectivity index (χ1v) is 7.54. The molecule has 1 atom stereocenters. The Labute approximate surface area is 136 Å². The molecule has 0 aliphatic heterocycles. The Morgan fingerprint density at radius 3 is 2.39 bits per heavy atom. The van der Waals surface area contributed by atoms with Crippen molar-refractivity contribution in [1.82, 2.24) is 0 Å². The summed E-state index contributed by atoms with van der Waals surface area (Å²) < 4.78 is 5.82. The topological polar surface area (TPSA) is 62.1 Å². The van der Waals surface area contributed by atoms with Gasteiger partial charge in [0, 0.05) is 5.69 Å². The summed E-state index contributed by atoms with van der Waals surface area (Å²) in [5.41, 5.74) is 2.27. The number of nitrogens with one attached hydrogen (secondary N) is 1. The van der Waals surface area contributed by atoms with Gasteiger partial charge in [0.25, 0.3) is 5.91 Å². The molecule has 0 bridgehead atoms. The largest absolute Gasteiger partial charge is 0.479 e. The highest BCUT2D eigenvalue weighted by Crippen LogP contribution is 2.21. The summed E-state index contributed by atoms with van der Waals surface area (Å²) in [6.45, 7) is 5.81. The highest BCUT2D eigenvalue weighted by molar-refractivity contribution is 5.94. The molecule has 0 heterocycles. The maximum absolute atomic E-state index is 12.5. The molecule has 4 nitrogen and oxygen atoms in total. The van der Waals surface area contributed by atoms with Crippen LogP contribution in [0.3, 0.4) is 0 Å². The monoisotopic (exact) mass is 308 g/mol. The lowest BCUT2D eigenvalue weighted by atomic mass is 10.1. The molecule has 0 fully saturated rings. The van der Waals surface area contributed by atoms with Gasteiger partial charge < -0.3 is 10.1 Å². The Morgan fingerprint density at radius 1 is 1.13 bits per heavy atom. The van der Waals surface area contributed by atoms with Crippen LogP contribution in [0.2, 0.25) is 0 Å². The van der Waals surface area contributed by atoms with E-state index in [-0.39, 0.29) is 11.8 Å². The van der Waals surface area contributed by atoms with Crippen molar-refractivity contribution in [3.05, 3.63) is 59.7 Å². The van der Waals surface area contributed by atoms with Gasteiger partial charge in [-0.25, -0.2) is 0 Å². The van der Waals surface area contributed by atoms with E-state index >= 15 is 0 Å². The highest BCUT2D eigenvalue weighted by Gasteiger charge is 2.25. The van der Waals surface area contributed by atoms with Crippen LogP contribution in [0, 0.1) is 24.2 Å². The molecule has 0 spiro atoms. The SMILES string of the molecule is Cc1ccc(NC(=O)C(Oc2ccccc2C#N)C(C)C)cc1. The van der Waals surface area contributed by atoms with Crippen LogP contribution >= 0.6 is 0 Å². The van der Waals surface area contributed by atoms with E-state index in [1.165, 1.54) is 0 Å². The molecule has 23 heavy (non-hydrogen) atoms. The first-order chi connectivity index (χ1) is 11.0. The van der Waals surface area contributed by atoms with Crippen molar-refractivity contribution < 1.29 is 9.53 Å². The number of para-hydroxylation sites is 1. The van der Waals surface area contributed by atoms with Crippen molar-refractivity contribution in [3.63, 3.8) is 0 Å². The van der Waals surface area contributed by atoms with E-state index in [2.05, 4.69) is 11.4 Å². The van der Waals surface area contributed by atoms with E-state index in [1.807, 2.05) is 45.0 Å². The minimum absolute atomic E-state index is 0.0350. The summed E-state index contributed by atoms with van der Waals surface area (Å²) in [7, 11) is 0. The molecule has 0 saturated heterocycles. The lowest BCUT2D eigenvalue weighted by molar-refractivity contribution is -0.124. The number of aryl methyl sites for hydroxylation is 1. The molecule has 1 N–H and O–H groups in total. The summed E-state index contributed by atoms with van der Waals surface area (Å²) in [6, 6.07) is 16.6. The van der Waals surface area contributed by atoms with Gasteiger partial charge in [0.1, 0.15) is 11.8 Å². The Morgan fingerprint density at radius 2 is 1.78 bits per heavy atom. The molecule has 0 aliphatic carbocycles. The van der Waals surface area contributed by atoms with Gasteiger partial charge in [-0.2, -0.15) is 5.26 Å². The van der Waals surface area contributed by atoms with Crippen LogP contribution in [-0.2, 0) is 4.79 Å². The van der Waals surface area contributed by atoms with Crippen molar-refractivity contribution in [3.8, 4) is 11.8 Å². The highest BCUT2D eigenvalue weighted by atomic mass is 16.5. The molecular formula is C19H20N2O2. The van der Waals surface area contributed by atoms with Crippen LogP contribution in [0.25, 0.3) is 0 Å².